The van der Waals surface area contributed by atoms with Gasteiger partial charge < -0.3 is 5.32 Å². The number of nitrogens with zero attached hydrogens (tertiary/aromatic N) is 1. The van der Waals surface area contributed by atoms with Gasteiger partial charge in [-0.15, -0.1) is 0 Å². The number of nitrogens with one attached hydrogen (secondary N) is 1. The molecule has 0 bridgehead atoms. The van der Waals surface area contributed by atoms with E-state index in [4.69, 9.17) is 0 Å². The van der Waals surface area contributed by atoms with Crippen LogP contribution in [0.2, 0.25) is 0 Å². The molecule has 1 fully saturated rings. The molecular weight excluding hydrogens is 256 g/mol. The molecule has 118 valence electrons. The molecule has 2 atom stereocenters. The highest BCUT2D eigenvalue weighted by Gasteiger charge is 2.21. The second-order valence-electron chi connectivity index (χ2n) is 6.79. The second-order valence-corrected chi connectivity index (χ2v) is 6.79. The summed E-state index contributed by atoms with van der Waals surface area (Å²) in [4.78, 5) is 2.65. The summed E-state index contributed by atoms with van der Waals surface area (Å²) in [5, 5.41) is 3.63. The lowest BCUT2D eigenvalue weighted by Crippen LogP contribution is -2.39. The summed E-state index contributed by atoms with van der Waals surface area (Å²) in [5.74, 6) is 0.615. The van der Waals surface area contributed by atoms with Crippen molar-refractivity contribution in [1.82, 2.24) is 10.2 Å². The van der Waals surface area contributed by atoms with Gasteiger partial charge in [-0.05, 0) is 56.3 Å². The number of benzene rings is 1. The van der Waals surface area contributed by atoms with Gasteiger partial charge in [0, 0.05) is 18.6 Å². The van der Waals surface area contributed by atoms with E-state index in [2.05, 4.69) is 62.2 Å². The van der Waals surface area contributed by atoms with Crippen molar-refractivity contribution >= 4 is 0 Å². The first-order valence-corrected chi connectivity index (χ1v) is 8.69. The average Bonchev–Trinajstić information content (AvgIpc) is 2.99. The molecular formula is C19H32N2. The van der Waals surface area contributed by atoms with Gasteiger partial charge in [-0.3, -0.25) is 4.90 Å². The first-order valence-electron chi connectivity index (χ1n) is 8.69. The molecule has 1 aromatic carbocycles. The Labute approximate surface area is 130 Å². The lowest BCUT2D eigenvalue weighted by atomic mass is 9.98. The number of hydrogen-bond acceptors (Lipinski definition) is 2. The van der Waals surface area contributed by atoms with Crippen molar-refractivity contribution < 1.29 is 0 Å². The maximum atomic E-state index is 3.63. The van der Waals surface area contributed by atoms with Crippen LogP contribution in [0, 0.1) is 0 Å². The Morgan fingerprint density at radius 1 is 1.14 bits per heavy atom. The molecule has 1 aliphatic heterocycles. The highest BCUT2D eigenvalue weighted by molar-refractivity contribution is 5.26. The van der Waals surface area contributed by atoms with Crippen LogP contribution in [0.15, 0.2) is 24.3 Å². The molecule has 1 aromatic rings. The van der Waals surface area contributed by atoms with Gasteiger partial charge in [-0.2, -0.15) is 0 Å². The zero-order valence-electron chi connectivity index (χ0n) is 14.2. The fourth-order valence-corrected chi connectivity index (χ4v) is 3.30. The molecule has 1 N–H and O–H groups in total. The van der Waals surface area contributed by atoms with Crippen molar-refractivity contribution in [3.8, 4) is 0 Å². The molecule has 0 radical (unpaired) electrons. The predicted octanol–water partition coefficient (Wildman–Crippen LogP) is 4.34. The Morgan fingerprint density at radius 3 is 2.33 bits per heavy atom. The van der Waals surface area contributed by atoms with E-state index in [1.165, 1.54) is 50.0 Å². The normalized spacial score (nSPS) is 20.4. The Balaban J connectivity index is 2.03. The van der Waals surface area contributed by atoms with Gasteiger partial charge in [0.05, 0.1) is 0 Å². The van der Waals surface area contributed by atoms with Crippen LogP contribution in [0.5, 0.6) is 0 Å². The molecule has 0 amide bonds. The summed E-state index contributed by atoms with van der Waals surface area (Å²) >= 11 is 0. The Kier molecular flexibility index (Phi) is 6.25. The van der Waals surface area contributed by atoms with E-state index in [1.807, 2.05) is 0 Å². The predicted molar refractivity (Wildman–Crippen MR) is 91.8 cm³/mol. The highest BCUT2D eigenvalue weighted by atomic mass is 15.2. The maximum Gasteiger partial charge on any atom is 0.0320 e. The van der Waals surface area contributed by atoms with Gasteiger partial charge in [-0.25, -0.2) is 0 Å². The summed E-state index contributed by atoms with van der Waals surface area (Å²) in [6.07, 6.45) is 3.89. The third-order valence-corrected chi connectivity index (χ3v) is 4.76. The van der Waals surface area contributed by atoms with Crippen LogP contribution in [-0.4, -0.2) is 30.6 Å². The van der Waals surface area contributed by atoms with Gasteiger partial charge in [0.15, 0.2) is 0 Å². The molecule has 1 aliphatic rings. The van der Waals surface area contributed by atoms with Crippen LogP contribution in [0.3, 0.4) is 0 Å². The summed E-state index contributed by atoms with van der Waals surface area (Å²) in [5.41, 5.74) is 2.89. The molecule has 0 aromatic heterocycles. The van der Waals surface area contributed by atoms with Crippen LogP contribution in [0.4, 0.5) is 0 Å². The fraction of sp³-hybridized carbons (Fsp3) is 0.684. The number of rotatable bonds is 7. The molecule has 21 heavy (non-hydrogen) atoms. The Morgan fingerprint density at radius 2 is 1.81 bits per heavy atom. The first kappa shape index (κ1) is 16.5. The standard InChI is InChI=1S/C19H32N2/c1-5-13-21(14-19-7-6-12-20-19)16(4)18-10-8-17(9-11-18)15(2)3/h8-11,15-16,19-20H,5-7,12-14H2,1-4H3. The molecule has 0 spiro atoms. The van der Waals surface area contributed by atoms with E-state index in [0.29, 0.717) is 18.0 Å². The summed E-state index contributed by atoms with van der Waals surface area (Å²) in [6, 6.07) is 10.4. The third-order valence-electron chi connectivity index (χ3n) is 4.76. The minimum atomic E-state index is 0.508. The largest absolute Gasteiger partial charge is 0.313 e. The van der Waals surface area contributed by atoms with Crippen molar-refractivity contribution in [3.05, 3.63) is 35.4 Å². The first-order chi connectivity index (χ1) is 10.1. The topological polar surface area (TPSA) is 15.3 Å². The van der Waals surface area contributed by atoms with Gasteiger partial charge in [0.1, 0.15) is 0 Å². The minimum absolute atomic E-state index is 0.508. The van der Waals surface area contributed by atoms with E-state index in [0.717, 1.165) is 0 Å². The average molecular weight is 288 g/mol. The van der Waals surface area contributed by atoms with Crippen molar-refractivity contribution in [2.24, 2.45) is 0 Å². The van der Waals surface area contributed by atoms with E-state index >= 15 is 0 Å². The summed E-state index contributed by atoms with van der Waals surface area (Å²) < 4.78 is 0. The minimum Gasteiger partial charge on any atom is -0.313 e. The SMILES string of the molecule is CCCN(CC1CCCN1)C(C)c1ccc(C(C)C)cc1. The molecule has 0 saturated carbocycles. The van der Waals surface area contributed by atoms with Crippen molar-refractivity contribution in [3.63, 3.8) is 0 Å². The molecule has 2 heteroatoms. The van der Waals surface area contributed by atoms with Crippen molar-refractivity contribution in [2.75, 3.05) is 19.6 Å². The van der Waals surface area contributed by atoms with E-state index in [9.17, 15) is 0 Å². The van der Waals surface area contributed by atoms with Crippen molar-refractivity contribution in [1.29, 1.82) is 0 Å². The lowest BCUT2D eigenvalue weighted by molar-refractivity contribution is 0.192. The van der Waals surface area contributed by atoms with E-state index < -0.39 is 0 Å². The monoisotopic (exact) mass is 288 g/mol. The van der Waals surface area contributed by atoms with Crippen LogP contribution < -0.4 is 5.32 Å². The molecule has 2 nitrogen and oxygen atoms in total. The smallest absolute Gasteiger partial charge is 0.0320 e. The van der Waals surface area contributed by atoms with Gasteiger partial charge >= 0.3 is 0 Å². The Bertz CT molecular complexity index is 404. The van der Waals surface area contributed by atoms with Crippen LogP contribution in [0.25, 0.3) is 0 Å². The maximum absolute atomic E-state index is 3.63. The van der Waals surface area contributed by atoms with Gasteiger partial charge in [-0.1, -0.05) is 45.0 Å². The van der Waals surface area contributed by atoms with E-state index in [1.54, 1.807) is 0 Å². The quantitative estimate of drug-likeness (QED) is 0.803. The highest BCUT2D eigenvalue weighted by Crippen LogP contribution is 2.24. The summed E-state index contributed by atoms with van der Waals surface area (Å²) in [7, 11) is 0. The molecule has 1 saturated heterocycles. The number of hydrogen-bond donors (Lipinski definition) is 1. The molecule has 2 unspecified atom stereocenters. The van der Waals surface area contributed by atoms with Gasteiger partial charge in [0.25, 0.3) is 0 Å². The lowest BCUT2D eigenvalue weighted by Gasteiger charge is -2.31. The Hall–Kier alpha value is -0.860. The van der Waals surface area contributed by atoms with Crippen LogP contribution >= 0.6 is 0 Å². The van der Waals surface area contributed by atoms with Gasteiger partial charge in [0.2, 0.25) is 0 Å². The third kappa shape index (κ3) is 4.55. The van der Waals surface area contributed by atoms with Crippen LogP contribution in [0.1, 0.15) is 70.0 Å². The van der Waals surface area contributed by atoms with Crippen molar-refractivity contribution in [2.45, 2.75) is 65.0 Å². The zero-order valence-corrected chi connectivity index (χ0v) is 14.2. The molecule has 0 aliphatic carbocycles. The summed E-state index contributed by atoms with van der Waals surface area (Å²) in [6.45, 7) is 12.7. The second kappa shape index (κ2) is 7.95. The van der Waals surface area contributed by atoms with Crippen LogP contribution in [-0.2, 0) is 0 Å². The molecule has 2 rings (SSSR count). The zero-order chi connectivity index (χ0) is 15.2. The fourth-order valence-electron chi connectivity index (χ4n) is 3.30. The molecule has 1 heterocycles. The van der Waals surface area contributed by atoms with E-state index in [-0.39, 0.29) is 0 Å².